The molecule has 0 fully saturated rings. The zero-order valence-corrected chi connectivity index (χ0v) is 8.23. The van der Waals surface area contributed by atoms with E-state index in [2.05, 4.69) is 0 Å². The standard InChI is InChI=1S/C9H13NO4/c1-3-13-7(2)14-6-10-8(11)4-5-9(10)12/h4-5,7H,3,6H2,1-2H3. The van der Waals surface area contributed by atoms with Crippen LogP contribution in [0.5, 0.6) is 0 Å². The van der Waals surface area contributed by atoms with Crippen molar-refractivity contribution >= 4 is 11.8 Å². The van der Waals surface area contributed by atoms with Crippen LogP contribution in [0.3, 0.4) is 0 Å². The van der Waals surface area contributed by atoms with E-state index in [4.69, 9.17) is 9.47 Å². The number of rotatable bonds is 5. The van der Waals surface area contributed by atoms with Crippen molar-refractivity contribution in [3.63, 3.8) is 0 Å². The van der Waals surface area contributed by atoms with Gasteiger partial charge in [-0.1, -0.05) is 0 Å². The van der Waals surface area contributed by atoms with Crippen molar-refractivity contribution in [3.05, 3.63) is 12.2 Å². The number of nitrogens with zero attached hydrogens (tertiary/aromatic N) is 1. The fourth-order valence-electron chi connectivity index (χ4n) is 1.02. The Hall–Kier alpha value is -1.20. The van der Waals surface area contributed by atoms with Gasteiger partial charge in [0.05, 0.1) is 0 Å². The predicted molar refractivity (Wildman–Crippen MR) is 48.0 cm³/mol. The summed E-state index contributed by atoms with van der Waals surface area (Å²) >= 11 is 0. The second kappa shape index (κ2) is 4.88. The molecule has 1 heterocycles. The van der Waals surface area contributed by atoms with E-state index in [1.165, 1.54) is 12.2 Å². The quantitative estimate of drug-likeness (QED) is 0.471. The third-order valence-corrected chi connectivity index (χ3v) is 1.74. The molecule has 78 valence electrons. The largest absolute Gasteiger partial charge is 0.353 e. The van der Waals surface area contributed by atoms with Crippen molar-refractivity contribution in [1.29, 1.82) is 0 Å². The summed E-state index contributed by atoms with van der Waals surface area (Å²) in [6.45, 7) is 4.02. The highest BCUT2D eigenvalue weighted by molar-refractivity contribution is 6.12. The van der Waals surface area contributed by atoms with Gasteiger partial charge in [-0.25, -0.2) is 0 Å². The Morgan fingerprint density at radius 3 is 2.36 bits per heavy atom. The Labute approximate surface area is 82.3 Å². The maximum Gasteiger partial charge on any atom is 0.255 e. The van der Waals surface area contributed by atoms with E-state index in [9.17, 15) is 9.59 Å². The van der Waals surface area contributed by atoms with E-state index in [1.807, 2.05) is 6.92 Å². The Morgan fingerprint density at radius 1 is 1.29 bits per heavy atom. The minimum absolute atomic E-state index is 0.0637. The molecule has 1 atom stereocenters. The maximum absolute atomic E-state index is 11.1. The van der Waals surface area contributed by atoms with Crippen molar-refractivity contribution < 1.29 is 19.1 Å². The Balaban J connectivity index is 2.31. The zero-order valence-electron chi connectivity index (χ0n) is 8.23. The van der Waals surface area contributed by atoms with Crippen LogP contribution < -0.4 is 0 Å². The molecule has 1 rings (SSSR count). The van der Waals surface area contributed by atoms with E-state index in [1.54, 1.807) is 6.92 Å². The molecule has 0 bridgehead atoms. The second-order valence-corrected chi connectivity index (χ2v) is 2.76. The molecule has 0 spiro atoms. The summed E-state index contributed by atoms with van der Waals surface area (Å²) < 4.78 is 10.2. The number of hydrogen-bond acceptors (Lipinski definition) is 4. The van der Waals surface area contributed by atoms with Crippen molar-refractivity contribution in [2.45, 2.75) is 20.1 Å². The van der Waals surface area contributed by atoms with E-state index in [-0.39, 0.29) is 18.5 Å². The monoisotopic (exact) mass is 199 g/mol. The lowest BCUT2D eigenvalue weighted by Gasteiger charge is -2.17. The van der Waals surface area contributed by atoms with Crippen LogP contribution in [0.15, 0.2) is 12.2 Å². The van der Waals surface area contributed by atoms with E-state index < -0.39 is 6.29 Å². The molecular formula is C9H13NO4. The summed E-state index contributed by atoms with van der Waals surface area (Å²) in [5.74, 6) is -0.697. The minimum Gasteiger partial charge on any atom is -0.353 e. The first kappa shape index (κ1) is 10.9. The molecular weight excluding hydrogens is 186 g/mol. The number of amides is 2. The summed E-state index contributed by atoms with van der Waals surface area (Å²) in [5, 5.41) is 0. The summed E-state index contributed by atoms with van der Waals surface area (Å²) in [4.78, 5) is 23.1. The molecule has 0 N–H and O–H groups in total. The van der Waals surface area contributed by atoms with E-state index in [0.717, 1.165) is 4.90 Å². The van der Waals surface area contributed by atoms with Crippen LogP contribution in [0.25, 0.3) is 0 Å². The van der Waals surface area contributed by atoms with Gasteiger partial charge in [-0.3, -0.25) is 14.5 Å². The van der Waals surface area contributed by atoms with Gasteiger partial charge in [-0.2, -0.15) is 0 Å². The van der Waals surface area contributed by atoms with Gasteiger partial charge in [0.15, 0.2) is 6.29 Å². The Kier molecular flexibility index (Phi) is 3.79. The van der Waals surface area contributed by atoms with Gasteiger partial charge >= 0.3 is 0 Å². The highest BCUT2D eigenvalue weighted by Crippen LogP contribution is 2.04. The van der Waals surface area contributed by atoms with E-state index in [0.29, 0.717) is 6.61 Å². The molecule has 0 aromatic rings. The van der Waals surface area contributed by atoms with Crippen LogP contribution in [0.4, 0.5) is 0 Å². The first-order valence-corrected chi connectivity index (χ1v) is 4.42. The average molecular weight is 199 g/mol. The molecule has 5 heteroatoms. The second-order valence-electron chi connectivity index (χ2n) is 2.76. The third-order valence-electron chi connectivity index (χ3n) is 1.74. The van der Waals surface area contributed by atoms with Crippen LogP contribution in [-0.4, -0.2) is 36.3 Å². The highest BCUT2D eigenvalue weighted by Gasteiger charge is 2.23. The maximum atomic E-state index is 11.1. The van der Waals surface area contributed by atoms with Crippen molar-refractivity contribution in [2.24, 2.45) is 0 Å². The first-order chi connectivity index (χ1) is 6.65. The number of imide groups is 1. The lowest BCUT2D eigenvalue weighted by atomic mass is 10.6. The lowest BCUT2D eigenvalue weighted by Crippen LogP contribution is -2.34. The summed E-state index contributed by atoms with van der Waals surface area (Å²) in [7, 11) is 0. The van der Waals surface area contributed by atoms with Crippen molar-refractivity contribution in [1.82, 2.24) is 4.90 Å². The molecule has 2 amide bonds. The van der Waals surface area contributed by atoms with Crippen LogP contribution in [0, 0.1) is 0 Å². The van der Waals surface area contributed by atoms with Gasteiger partial charge in [0.2, 0.25) is 0 Å². The molecule has 0 aromatic carbocycles. The van der Waals surface area contributed by atoms with Crippen LogP contribution in [-0.2, 0) is 19.1 Å². The zero-order chi connectivity index (χ0) is 10.6. The average Bonchev–Trinajstić information content (AvgIpc) is 2.44. The molecule has 1 aliphatic rings. The van der Waals surface area contributed by atoms with Crippen LogP contribution in [0.1, 0.15) is 13.8 Å². The van der Waals surface area contributed by atoms with Gasteiger partial charge in [-0.05, 0) is 13.8 Å². The first-order valence-electron chi connectivity index (χ1n) is 4.42. The highest BCUT2D eigenvalue weighted by atomic mass is 16.7. The lowest BCUT2D eigenvalue weighted by molar-refractivity contribution is -0.167. The van der Waals surface area contributed by atoms with Crippen LogP contribution >= 0.6 is 0 Å². The predicted octanol–water partition coefficient (Wildman–Crippen LogP) is 0.268. The normalized spacial score (nSPS) is 18.0. The number of carbonyl (C=O) groups excluding carboxylic acids is 2. The molecule has 5 nitrogen and oxygen atoms in total. The Bertz CT molecular complexity index is 244. The minimum atomic E-state index is -0.416. The summed E-state index contributed by atoms with van der Waals surface area (Å²) in [6, 6.07) is 0. The molecule has 14 heavy (non-hydrogen) atoms. The van der Waals surface area contributed by atoms with E-state index >= 15 is 0 Å². The van der Waals surface area contributed by atoms with Crippen molar-refractivity contribution in [2.75, 3.05) is 13.3 Å². The Morgan fingerprint density at radius 2 is 1.86 bits per heavy atom. The summed E-state index contributed by atoms with van der Waals surface area (Å²) in [6.07, 6.45) is 2.02. The molecule has 1 unspecified atom stereocenters. The van der Waals surface area contributed by atoms with Gasteiger partial charge in [0, 0.05) is 18.8 Å². The van der Waals surface area contributed by atoms with Gasteiger partial charge in [0.1, 0.15) is 6.73 Å². The third kappa shape index (κ3) is 2.65. The molecule has 0 aromatic heterocycles. The smallest absolute Gasteiger partial charge is 0.255 e. The molecule has 0 aliphatic carbocycles. The topological polar surface area (TPSA) is 55.8 Å². The number of hydrogen-bond donors (Lipinski definition) is 0. The van der Waals surface area contributed by atoms with Gasteiger partial charge in [0.25, 0.3) is 11.8 Å². The molecule has 0 saturated carbocycles. The SMILES string of the molecule is CCOC(C)OCN1C(=O)C=CC1=O. The number of ether oxygens (including phenoxy) is 2. The summed E-state index contributed by atoms with van der Waals surface area (Å²) in [5.41, 5.74) is 0. The molecule has 1 aliphatic heterocycles. The molecule has 0 saturated heterocycles. The fourth-order valence-corrected chi connectivity index (χ4v) is 1.02. The number of carbonyl (C=O) groups is 2. The fraction of sp³-hybridized carbons (Fsp3) is 0.556. The van der Waals surface area contributed by atoms with Gasteiger partial charge in [-0.15, -0.1) is 0 Å². The van der Waals surface area contributed by atoms with Gasteiger partial charge < -0.3 is 9.47 Å². The van der Waals surface area contributed by atoms with Crippen molar-refractivity contribution in [3.8, 4) is 0 Å². The molecule has 0 radical (unpaired) electrons. The van der Waals surface area contributed by atoms with Crippen LogP contribution in [0.2, 0.25) is 0 Å².